The summed E-state index contributed by atoms with van der Waals surface area (Å²) in [5.41, 5.74) is 1.55. The molecule has 1 N–H and O–H groups in total. The summed E-state index contributed by atoms with van der Waals surface area (Å²) in [6, 6.07) is 17.0. The fourth-order valence-electron chi connectivity index (χ4n) is 3.55. The van der Waals surface area contributed by atoms with E-state index in [1.165, 1.54) is 6.26 Å². The number of hydrogen-bond acceptors (Lipinski definition) is 5. The molecule has 0 unspecified atom stereocenters. The molecule has 7 nitrogen and oxygen atoms in total. The summed E-state index contributed by atoms with van der Waals surface area (Å²) < 4.78 is 5.18. The Morgan fingerprint density at radius 2 is 1.83 bits per heavy atom. The molecule has 4 rings (SSSR count). The topological polar surface area (TPSA) is 78.7 Å². The number of likely N-dealkylation sites (tertiary alicyclic amines) is 1. The third-order valence-electron chi connectivity index (χ3n) is 5.35. The van der Waals surface area contributed by atoms with Crippen molar-refractivity contribution >= 4 is 23.3 Å². The van der Waals surface area contributed by atoms with E-state index in [0.29, 0.717) is 37.3 Å². The van der Waals surface area contributed by atoms with Gasteiger partial charge >= 0.3 is 0 Å². The van der Waals surface area contributed by atoms with Crippen molar-refractivity contribution in [2.75, 3.05) is 25.0 Å². The normalized spacial score (nSPS) is 14.4. The molecule has 30 heavy (non-hydrogen) atoms. The second kappa shape index (κ2) is 8.82. The zero-order chi connectivity index (χ0) is 20.9. The van der Waals surface area contributed by atoms with Gasteiger partial charge in [-0.25, -0.2) is 4.98 Å². The number of amides is 2. The second-order valence-electron chi connectivity index (χ2n) is 7.32. The lowest BCUT2D eigenvalue weighted by molar-refractivity contribution is 0.0667. The van der Waals surface area contributed by atoms with Crippen molar-refractivity contribution in [1.29, 1.82) is 0 Å². The van der Waals surface area contributed by atoms with E-state index in [1.807, 2.05) is 48.3 Å². The number of rotatable bonds is 5. The number of aromatic nitrogens is 1. The van der Waals surface area contributed by atoms with Crippen molar-refractivity contribution in [2.24, 2.45) is 0 Å². The third kappa shape index (κ3) is 4.35. The predicted octanol–water partition coefficient (Wildman–Crippen LogP) is 3.48. The van der Waals surface area contributed by atoms with Gasteiger partial charge in [0.15, 0.2) is 5.76 Å². The molecule has 1 saturated heterocycles. The van der Waals surface area contributed by atoms with Crippen LogP contribution in [0, 0.1) is 0 Å². The molecule has 0 radical (unpaired) electrons. The van der Waals surface area contributed by atoms with Gasteiger partial charge in [-0.15, -0.1) is 0 Å². The Balaban J connectivity index is 1.31. The minimum atomic E-state index is -0.146. The van der Waals surface area contributed by atoms with Crippen molar-refractivity contribution < 1.29 is 14.0 Å². The number of carbonyl (C=O) groups excluding carboxylic acids is 2. The molecule has 0 spiro atoms. The van der Waals surface area contributed by atoms with Crippen molar-refractivity contribution in [1.82, 2.24) is 15.2 Å². The van der Waals surface area contributed by atoms with E-state index in [-0.39, 0.29) is 17.9 Å². The lowest BCUT2D eigenvalue weighted by atomic mass is 10.0. The van der Waals surface area contributed by atoms with Crippen LogP contribution >= 0.6 is 0 Å². The first kappa shape index (κ1) is 19.7. The van der Waals surface area contributed by atoms with E-state index in [1.54, 1.807) is 29.3 Å². The molecule has 3 aromatic rings. The number of pyridine rings is 1. The molecule has 1 fully saturated rings. The highest BCUT2D eigenvalue weighted by Gasteiger charge is 2.26. The van der Waals surface area contributed by atoms with Crippen molar-refractivity contribution in [3.05, 3.63) is 78.4 Å². The largest absolute Gasteiger partial charge is 0.459 e. The minimum absolute atomic E-state index is 0.0322. The zero-order valence-corrected chi connectivity index (χ0v) is 16.8. The quantitative estimate of drug-likeness (QED) is 0.704. The van der Waals surface area contributed by atoms with Crippen molar-refractivity contribution in [2.45, 2.75) is 18.9 Å². The fraction of sp³-hybridized carbons (Fsp3) is 0.261. The van der Waals surface area contributed by atoms with Crippen LogP contribution in [-0.2, 0) is 0 Å². The van der Waals surface area contributed by atoms with Gasteiger partial charge in [-0.05, 0) is 49.2 Å². The van der Waals surface area contributed by atoms with E-state index in [9.17, 15) is 9.59 Å². The molecule has 2 aromatic heterocycles. The molecule has 0 atom stereocenters. The van der Waals surface area contributed by atoms with Crippen LogP contribution in [0.25, 0.3) is 0 Å². The summed E-state index contributed by atoms with van der Waals surface area (Å²) in [7, 11) is 1.94. The van der Waals surface area contributed by atoms with Gasteiger partial charge in [-0.1, -0.05) is 18.2 Å². The number of nitrogens with zero attached hydrogens (tertiary/aromatic N) is 3. The third-order valence-corrected chi connectivity index (χ3v) is 5.35. The molecule has 2 amide bonds. The van der Waals surface area contributed by atoms with Crippen LogP contribution in [0.3, 0.4) is 0 Å². The van der Waals surface area contributed by atoms with Crippen LogP contribution in [0.5, 0.6) is 0 Å². The Morgan fingerprint density at radius 3 is 2.47 bits per heavy atom. The Kier molecular flexibility index (Phi) is 5.79. The molecule has 0 saturated carbocycles. The van der Waals surface area contributed by atoms with E-state index >= 15 is 0 Å². The molecule has 1 aliphatic heterocycles. The molecule has 7 heteroatoms. The number of benzene rings is 1. The van der Waals surface area contributed by atoms with Crippen molar-refractivity contribution in [3.8, 4) is 0 Å². The molecule has 1 aliphatic rings. The summed E-state index contributed by atoms with van der Waals surface area (Å²) in [6.07, 6.45) is 4.51. The first-order chi connectivity index (χ1) is 14.6. The highest BCUT2D eigenvalue weighted by atomic mass is 16.3. The number of furan rings is 1. The highest BCUT2D eigenvalue weighted by molar-refractivity contribution is 5.94. The number of para-hydroxylation sites is 1. The SMILES string of the molecule is CN(c1ccccc1)c1ccc(C(=O)NC2CCN(C(=O)c3ccco3)CC2)cn1. The molecule has 0 aliphatic carbocycles. The Morgan fingerprint density at radius 1 is 1.07 bits per heavy atom. The van der Waals surface area contributed by atoms with Crippen LogP contribution < -0.4 is 10.2 Å². The average Bonchev–Trinajstić information content (AvgIpc) is 3.34. The minimum Gasteiger partial charge on any atom is -0.459 e. The van der Waals surface area contributed by atoms with Gasteiger partial charge in [-0.3, -0.25) is 9.59 Å². The van der Waals surface area contributed by atoms with Gasteiger partial charge < -0.3 is 19.5 Å². The van der Waals surface area contributed by atoms with Gasteiger partial charge in [0.25, 0.3) is 11.8 Å². The van der Waals surface area contributed by atoms with Gasteiger partial charge in [0.2, 0.25) is 0 Å². The first-order valence-electron chi connectivity index (χ1n) is 10.0. The molecule has 154 valence electrons. The van der Waals surface area contributed by atoms with E-state index in [2.05, 4.69) is 10.3 Å². The molecule has 3 heterocycles. The van der Waals surface area contributed by atoms with Gasteiger partial charge in [0.1, 0.15) is 5.82 Å². The maximum absolute atomic E-state index is 12.6. The predicted molar refractivity (Wildman–Crippen MR) is 114 cm³/mol. The van der Waals surface area contributed by atoms with E-state index < -0.39 is 0 Å². The Hall–Kier alpha value is -3.61. The number of piperidine rings is 1. The monoisotopic (exact) mass is 404 g/mol. The fourth-order valence-corrected chi connectivity index (χ4v) is 3.55. The lowest BCUT2D eigenvalue weighted by Gasteiger charge is -2.31. The Bertz CT molecular complexity index is 979. The van der Waals surface area contributed by atoms with Crippen LogP contribution in [0.4, 0.5) is 11.5 Å². The molecule has 1 aromatic carbocycles. The maximum atomic E-state index is 12.6. The molecule has 0 bridgehead atoms. The van der Waals surface area contributed by atoms with Gasteiger partial charge in [0, 0.05) is 38.1 Å². The molecular formula is C23H24N4O3. The number of carbonyl (C=O) groups is 2. The van der Waals surface area contributed by atoms with Crippen LogP contribution in [0.15, 0.2) is 71.5 Å². The lowest BCUT2D eigenvalue weighted by Crippen LogP contribution is -2.46. The first-order valence-corrected chi connectivity index (χ1v) is 10.0. The summed E-state index contributed by atoms with van der Waals surface area (Å²) >= 11 is 0. The summed E-state index contributed by atoms with van der Waals surface area (Å²) in [5.74, 6) is 0.867. The smallest absolute Gasteiger partial charge is 0.289 e. The standard InChI is InChI=1S/C23H24N4O3/c1-26(19-6-3-2-4-7-19)21-10-9-17(16-24-21)22(28)25-18-11-13-27(14-12-18)23(29)20-8-5-15-30-20/h2-10,15-16,18H,11-14H2,1H3,(H,25,28). The number of hydrogen-bond donors (Lipinski definition) is 1. The van der Waals surface area contributed by atoms with Crippen LogP contribution in [0.2, 0.25) is 0 Å². The average molecular weight is 404 g/mol. The molecular weight excluding hydrogens is 380 g/mol. The van der Waals surface area contributed by atoms with Crippen molar-refractivity contribution in [3.63, 3.8) is 0 Å². The van der Waals surface area contributed by atoms with E-state index in [0.717, 1.165) is 11.5 Å². The van der Waals surface area contributed by atoms with E-state index in [4.69, 9.17) is 4.42 Å². The van der Waals surface area contributed by atoms with Crippen LogP contribution in [-0.4, -0.2) is 47.9 Å². The highest BCUT2D eigenvalue weighted by Crippen LogP contribution is 2.21. The maximum Gasteiger partial charge on any atom is 0.289 e. The Labute approximate surface area is 175 Å². The zero-order valence-electron chi connectivity index (χ0n) is 16.8. The number of nitrogens with one attached hydrogen (secondary N) is 1. The summed E-state index contributed by atoms with van der Waals surface area (Å²) in [5, 5.41) is 3.06. The summed E-state index contributed by atoms with van der Waals surface area (Å²) in [6.45, 7) is 1.17. The van der Waals surface area contributed by atoms with Gasteiger partial charge in [-0.2, -0.15) is 0 Å². The van der Waals surface area contributed by atoms with Gasteiger partial charge in [0.05, 0.1) is 11.8 Å². The van der Waals surface area contributed by atoms with Crippen LogP contribution in [0.1, 0.15) is 33.8 Å². The summed E-state index contributed by atoms with van der Waals surface area (Å²) in [4.78, 5) is 33.1. The second-order valence-corrected chi connectivity index (χ2v) is 7.32. The number of anilines is 2.